The third kappa shape index (κ3) is 13.1. The summed E-state index contributed by atoms with van der Waals surface area (Å²) in [5, 5.41) is 11.5. The first kappa shape index (κ1) is 21.9. The van der Waals surface area contributed by atoms with E-state index in [2.05, 4.69) is 12.2 Å². The lowest BCUT2D eigenvalue weighted by Crippen LogP contribution is -2.44. The summed E-state index contributed by atoms with van der Waals surface area (Å²) >= 11 is 0. The minimum Gasteiger partial charge on any atom is -0.480 e. The summed E-state index contributed by atoms with van der Waals surface area (Å²) in [5.41, 5.74) is 0. The van der Waals surface area contributed by atoms with Crippen molar-refractivity contribution in [3.8, 4) is 0 Å². The van der Waals surface area contributed by atoms with Crippen molar-refractivity contribution in [3.05, 3.63) is 0 Å². The molecule has 5 heteroatoms. The summed E-state index contributed by atoms with van der Waals surface area (Å²) in [7, 11) is 0. The van der Waals surface area contributed by atoms with E-state index in [9.17, 15) is 9.59 Å². The fourth-order valence-corrected chi connectivity index (χ4v) is 2.40. The quantitative estimate of drug-likeness (QED) is 0.352. The van der Waals surface area contributed by atoms with Gasteiger partial charge in [-0.25, -0.2) is 0 Å². The highest BCUT2D eigenvalue weighted by Crippen LogP contribution is 2.10. The van der Waals surface area contributed by atoms with E-state index in [1.807, 2.05) is 0 Å². The molecule has 23 heavy (non-hydrogen) atoms. The molecular weight excluding hydrogens is 294 g/mol. The first-order valence-corrected chi connectivity index (χ1v) is 9.14. The Morgan fingerprint density at radius 3 is 1.83 bits per heavy atom. The lowest BCUT2D eigenvalue weighted by Gasteiger charge is -2.15. The first-order valence-electron chi connectivity index (χ1n) is 9.14. The highest BCUT2D eigenvalue weighted by atomic mass is 16.5. The molecule has 0 aromatic rings. The van der Waals surface area contributed by atoms with E-state index in [4.69, 9.17) is 9.84 Å². The molecule has 0 heterocycles. The zero-order valence-electron chi connectivity index (χ0n) is 15.1. The van der Waals surface area contributed by atoms with Crippen LogP contribution in [0.3, 0.4) is 0 Å². The molecule has 0 amide bonds. The molecule has 136 valence electrons. The second-order valence-corrected chi connectivity index (χ2v) is 6.30. The Balaban J connectivity index is 3.43. The van der Waals surface area contributed by atoms with Gasteiger partial charge in [0.15, 0.2) is 0 Å². The smallest absolute Gasteiger partial charge is 0.322 e. The third-order valence-electron chi connectivity index (χ3n) is 3.97. The monoisotopic (exact) mass is 329 g/mol. The van der Waals surface area contributed by atoms with Crippen LogP contribution in [0, 0.1) is 0 Å². The molecular formula is C18H35NO4. The van der Waals surface area contributed by atoms with Crippen LogP contribution in [0.2, 0.25) is 0 Å². The lowest BCUT2D eigenvalue weighted by molar-refractivity contribution is -0.146. The standard InChI is InChI=1S/C18H35NO4/c1-4-5-6-7-8-9-10-11-12-13-14-23-18(22)16(3)19-15(2)17(20)21/h15-16,19H,4-14H2,1-3H3,(H,20,21). The van der Waals surface area contributed by atoms with Gasteiger partial charge in [-0.2, -0.15) is 0 Å². The van der Waals surface area contributed by atoms with Crippen LogP contribution in [0.4, 0.5) is 0 Å². The number of nitrogens with one attached hydrogen (secondary N) is 1. The number of carbonyl (C=O) groups excluding carboxylic acids is 1. The Morgan fingerprint density at radius 1 is 0.870 bits per heavy atom. The molecule has 0 saturated heterocycles. The first-order chi connectivity index (χ1) is 11.0. The molecule has 0 aromatic heterocycles. The fraction of sp³-hybridized carbons (Fsp3) is 0.889. The largest absolute Gasteiger partial charge is 0.480 e. The number of carboxylic acids is 1. The average Bonchev–Trinajstić information content (AvgIpc) is 2.52. The van der Waals surface area contributed by atoms with Crippen LogP contribution in [0.5, 0.6) is 0 Å². The number of esters is 1. The fourth-order valence-electron chi connectivity index (χ4n) is 2.40. The van der Waals surface area contributed by atoms with Crippen LogP contribution >= 0.6 is 0 Å². The Morgan fingerprint density at radius 2 is 1.35 bits per heavy atom. The number of rotatable bonds is 15. The van der Waals surface area contributed by atoms with Gasteiger partial charge in [-0.1, -0.05) is 64.7 Å². The maximum atomic E-state index is 11.7. The molecule has 0 saturated carbocycles. The van der Waals surface area contributed by atoms with Gasteiger partial charge in [0.2, 0.25) is 0 Å². The zero-order valence-corrected chi connectivity index (χ0v) is 15.1. The Bertz CT molecular complexity index is 320. The van der Waals surface area contributed by atoms with Gasteiger partial charge in [0.1, 0.15) is 12.1 Å². The summed E-state index contributed by atoms with van der Waals surface area (Å²) in [6.07, 6.45) is 12.4. The van der Waals surface area contributed by atoms with Gasteiger partial charge in [-0.3, -0.25) is 14.9 Å². The molecule has 2 unspecified atom stereocenters. The molecule has 0 spiro atoms. The Labute approximate surface area is 141 Å². The van der Waals surface area contributed by atoms with Crippen LogP contribution in [-0.2, 0) is 14.3 Å². The van der Waals surface area contributed by atoms with Gasteiger partial charge in [-0.15, -0.1) is 0 Å². The molecule has 0 aliphatic heterocycles. The SMILES string of the molecule is CCCCCCCCCCCCOC(=O)C(C)NC(C)C(=O)O. The predicted molar refractivity (Wildman–Crippen MR) is 92.5 cm³/mol. The average molecular weight is 329 g/mol. The van der Waals surface area contributed by atoms with Crippen molar-refractivity contribution in [3.63, 3.8) is 0 Å². The molecule has 0 radical (unpaired) electrons. The molecule has 0 aromatic carbocycles. The summed E-state index contributed by atoms with van der Waals surface area (Å²) in [5.74, 6) is -1.35. The van der Waals surface area contributed by atoms with E-state index < -0.39 is 18.1 Å². The van der Waals surface area contributed by atoms with Crippen LogP contribution in [0.1, 0.15) is 85.0 Å². The van der Waals surface area contributed by atoms with Gasteiger partial charge >= 0.3 is 11.9 Å². The van der Waals surface area contributed by atoms with E-state index in [1.54, 1.807) is 6.92 Å². The van der Waals surface area contributed by atoms with Crippen molar-refractivity contribution in [1.29, 1.82) is 0 Å². The molecule has 2 N–H and O–H groups in total. The molecule has 0 bridgehead atoms. The van der Waals surface area contributed by atoms with Crippen molar-refractivity contribution in [2.45, 2.75) is 97.1 Å². The molecule has 0 rings (SSSR count). The molecule has 2 atom stereocenters. The van der Waals surface area contributed by atoms with E-state index in [0.717, 1.165) is 12.8 Å². The van der Waals surface area contributed by atoms with Crippen molar-refractivity contribution in [1.82, 2.24) is 5.32 Å². The van der Waals surface area contributed by atoms with Crippen LogP contribution in [-0.4, -0.2) is 35.7 Å². The normalized spacial score (nSPS) is 13.5. The Kier molecular flexibility index (Phi) is 13.8. The van der Waals surface area contributed by atoms with Gasteiger partial charge in [0.05, 0.1) is 6.61 Å². The van der Waals surface area contributed by atoms with Gasteiger partial charge in [-0.05, 0) is 20.3 Å². The van der Waals surface area contributed by atoms with Crippen molar-refractivity contribution >= 4 is 11.9 Å². The minimum absolute atomic E-state index is 0.381. The van der Waals surface area contributed by atoms with Crippen LogP contribution < -0.4 is 5.32 Å². The topological polar surface area (TPSA) is 75.6 Å². The van der Waals surface area contributed by atoms with Gasteiger partial charge in [0, 0.05) is 0 Å². The van der Waals surface area contributed by atoms with Crippen molar-refractivity contribution < 1.29 is 19.4 Å². The molecule has 0 aliphatic carbocycles. The Hall–Kier alpha value is -1.10. The third-order valence-corrected chi connectivity index (χ3v) is 3.97. The predicted octanol–water partition coefficient (Wildman–Crippen LogP) is 3.90. The minimum atomic E-state index is -0.973. The number of aliphatic carboxylic acids is 1. The number of hydrogen-bond donors (Lipinski definition) is 2. The van der Waals surface area contributed by atoms with Gasteiger partial charge in [0.25, 0.3) is 0 Å². The summed E-state index contributed by atoms with van der Waals surface area (Å²) in [6.45, 7) is 5.79. The van der Waals surface area contributed by atoms with E-state index >= 15 is 0 Å². The van der Waals surface area contributed by atoms with Crippen LogP contribution in [0.15, 0.2) is 0 Å². The molecule has 0 fully saturated rings. The van der Waals surface area contributed by atoms with E-state index in [0.29, 0.717) is 6.61 Å². The number of carbonyl (C=O) groups is 2. The second-order valence-electron chi connectivity index (χ2n) is 6.30. The number of unbranched alkanes of at least 4 members (excludes halogenated alkanes) is 9. The number of hydrogen-bond acceptors (Lipinski definition) is 4. The molecule has 5 nitrogen and oxygen atoms in total. The highest BCUT2D eigenvalue weighted by Gasteiger charge is 2.19. The number of ether oxygens (including phenoxy) is 1. The summed E-state index contributed by atoms with van der Waals surface area (Å²) in [4.78, 5) is 22.4. The maximum Gasteiger partial charge on any atom is 0.322 e. The van der Waals surface area contributed by atoms with Crippen LogP contribution in [0.25, 0.3) is 0 Å². The molecule has 0 aliphatic rings. The summed E-state index contributed by atoms with van der Waals surface area (Å²) in [6, 6.07) is -1.35. The van der Waals surface area contributed by atoms with Crippen molar-refractivity contribution in [2.24, 2.45) is 0 Å². The zero-order chi connectivity index (χ0) is 17.5. The highest BCUT2D eigenvalue weighted by molar-refractivity contribution is 5.78. The maximum absolute atomic E-state index is 11.7. The second kappa shape index (κ2) is 14.5. The van der Waals surface area contributed by atoms with Gasteiger partial charge < -0.3 is 9.84 Å². The number of carboxylic acid groups (broad SMARTS) is 1. The van der Waals surface area contributed by atoms with Crippen molar-refractivity contribution in [2.75, 3.05) is 6.61 Å². The van der Waals surface area contributed by atoms with E-state index in [-0.39, 0.29) is 5.97 Å². The van der Waals surface area contributed by atoms with E-state index in [1.165, 1.54) is 58.3 Å². The summed E-state index contributed by atoms with van der Waals surface area (Å²) < 4.78 is 5.16. The lowest BCUT2D eigenvalue weighted by atomic mass is 10.1.